The van der Waals surface area contributed by atoms with Crippen molar-refractivity contribution in [3.8, 4) is 0 Å². The second-order valence-electron chi connectivity index (χ2n) is 6.29. The lowest BCUT2D eigenvalue weighted by Gasteiger charge is -2.32. The molecule has 0 bridgehead atoms. The molecule has 2 heterocycles. The van der Waals surface area contributed by atoms with Crippen LogP contribution in [0.5, 0.6) is 0 Å². The monoisotopic (exact) mass is 365 g/mol. The van der Waals surface area contributed by atoms with Crippen molar-refractivity contribution >= 4 is 5.91 Å². The van der Waals surface area contributed by atoms with Crippen LogP contribution in [0.25, 0.3) is 0 Å². The zero-order chi connectivity index (χ0) is 18.5. The molecule has 3 rings (SSSR count). The molecule has 0 radical (unpaired) electrons. The standard InChI is InChI=1S/C17H21F2N5O2/c18-14-4-1-5-15(19)13(14)10-23-7-2-3-12(9-23)24-11-16(21-22-24)17(26)20-6-8-25/h1,4-5,11-12,25H,2-3,6-10H2,(H,20,26). The summed E-state index contributed by atoms with van der Waals surface area (Å²) in [5.41, 5.74) is 0.242. The summed E-state index contributed by atoms with van der Waals surface area (Å²) in [6.07, 6.45) is 3.26. The van der Waals surface area contributed by atoms with Gasteiger partial charge in [0.1, 0.15) is 11.6 Å². The highest BCUT2D eigenvalue weighted by Crippen LogP contribution is 2.24. The molecule has 140 valence electrons. The van der Waals surface area contributed by atoms with E-state index in [-0.39, 0.29) is 37.0 Å². The van der Waals surface area contributed by atoms with E-state index in [9.17, 15) is 13.6 Å². The number of hydrogen-bond acceptors (Lipinski definition) is 5. The number of halogens is 2. The molecular weight excluding hydrogens is 344 g/mol. The van der Waals surface area contributed by atoms with Crippen LogP contribution in [-0.4, -0.2) is 57.1 Å². The molecule has 1 aromatic carbocycles. The summed E-state index contributed by atoms with van der Waals surface area (Å²) < 4.78 is 29.3. The van der Waals surface area contributed by atoms with Gasteiger partial charge in [-0.05, 0) is 31.5 Å². The lowest BCUT2D eigenvalue weighted by atomic mass is 10.0. The van der Waals surface area contributed by atoms with Crippen molar-refractivity contribution in [2.45, 2.75) is 25.4 Å². The van der Waals surface area contributed by atoms with Crippen LogP contribution < -0.4 is 5.32 Å². The van der Waals surface area contributed by atoms with Gasteiger partial charge in [0, 0.05) is 25.2 Å². The number of likely N-dealkylation sites (tertiary alicyclic amines) is 1. The zero-order valence-electron chi connectivity index (χ0n) is 14.2. The van der Waals surface area contributed by atoms with E-state index in [0.717, 1.165) is 19.4 Å². The van der Waals surface area contributed by atoms with Crippen LogP contribution in [0.15, 0.2) is 24.4 Å². The smallest absolute Gasteiger partial charge is 0.273 e. The number of piperidine rings is 1. The molecule has 7 nitrogen and oxygen atoms in total. The van der Waals surface area contributed by atoms with Gasteiger partial charge in [-0.3, -0.25) is 9.69 Å². The van der Waals surface area contributed by atoms with Crippen LogP contribution in [0.2, 0.25) is 0 Å². The molecule has 1 atom stereocenters. The van der Waals surface area contributed by atoms with Crippen LogP contribution in [-0.2, 0) is 6.54 Å². The van der Waals surface area contributed by atoms with E-state index in [1.165, 1.54) is 18.2 Å². The predicted molar refractivity (Wildman–Crippen MR) is 89.3 cm³/mol. The largest absolute Gasteiger partial charge is 0.395 e. The molecule has 1 aliphatic heterocycles. The first-order chi connectivity index (χ1) is 12.6. The van der Waals surface area contributed by atoms with E-state index in [1.807, 2.05) is 4.90 Å². The Morgan fingerprint density at radius 3 is 2.85 bits per heavy atom. The number of nitrogens with one attached hydrogen (secondary N) is 1. The van der Waals surface area contributed by atoms with Gasteiger partial charge in [0.25, 0.3) is 5.91 Å². The average molecular weight is 365 g/mol. The first-order valence-electron chi connectivity index (χ1n) is 8.54. The number of aliphatic hydroxyl groups excluding tert-OH is 1. The summed E-state index contributed by atoms with van der Waals surface area (Å²) in [5.74, 6) is -1.49. The molecule has 1 saturated heterocycles. The van der Waals surface area contributed by atoms with Gasteiger partial charge in [-0.1, -0.05) is 11.3 Å². The number of amides is 1. The molecule has 1 unspecified atom stereocenters. The number of hydrogen-bond donors (Lipinski definition) is 2. The zero-order valence-corrected chi connectivity index (χ0v) is 14.2. The summed E-state index contributed by atoms with van der Waals surface area (Å²) >= 11 is 0. The summed E-state index contributed by atoms with van der Waals surface area (Å²) in [4.78, 5) is 13.8. The fraction of sp³-hybridized carbons (Fsp3) is 0.471. The highest BCUT2D eigenvalue weighted by molar-refractivity contribution is 5.91. The fourth-order valence-electron chi connectivity index (χ4n) is 3.12. The molecule has 2 aromatic rings. The fourth-order valence-corrected chi connectivity index (χ4v) is 3.12. The molecular formula is C17H21F2N5O2. The Labute approximate surface area is 149 Å². The van der Waals surface area contributed by atoms with E-state index >= 15 is 0 Å². The molecule has 2 N–H and O–H groups in total. The molecule has 26 heavy (non-hydrogen) atoms. The predicted octanol–water partition coefficient (Wildman–Crippen LogP) is 1.12. The van der Waals surface area contributed by atoms with Gasteiger partial charge in [-0.2, -0.15) is 0 Å². The Hall–Kier alpha value is -2.39. The number of nitrogens with zero attached hydrogens (tertiary/aromatic N) is 4. The summed E-state index contributed by atoms with van der Waals surface area (Å²) in [6, 6.07) is 3.85. The minimum atomic E-state index is -0.546. The van der Waals surface area contributed by atoms with Crippen molar-refractivity contribution in [2.24, 2.45) is 0 Å². The van der Waals surface area contributed by atoms with Crippen LogP contribution in [0, 0.1) is 11.6 Å². The van der Waals surface area contributed by atoms with E-state index < -0.39 is 17.5 Å². The molecule has 9 heteroatoms. The summed E-state index contributed by atoms with van der Waals surface area (Å²) in [6.45, 7) is 1.49. The number of rotatable bonds is 6. The van der Waals surface area contributed by atoms with E-state index in [0.29, 0.717) is 6.54 Å². The minimum absolute atomic E-state index is 0.0227. The Bertz CT molecular complexity index is 747. The Kier molecular flexibility index (Phi) is 5.89. The number of carbonyl (C=O) groups excluding carboxylic acids is 1. The summed E-state index contributed by atoms with van der Waals surface area (Å²) in [5, 5.41) is 19.1. The highest BCUT2D eigenvalue weighted by atomic mass is 19.1. The second kappa shape index (κ2) is 8.33. The van der Waals surface area contributed by atoms with Gasteiger partial charge in [0.05, 0.1) is 18.8 Å². The first-order valence-corrected chi connectivity index (χ1v) is 8.54. The topological polar surface area (TPSA) is 83.3 Å². The van der Waals surface area contributed by atoms with Gasteiger partial charge in [0.2, 0.25) is 0 Å². The van der Waals surface area contributed by atoms with Gasteiger partial charge < -0.3 is 10.4 Å². The van der Waals surface area contributed by atoms with E-state index in [1.54, 1.807) is 10.9 Å². The van der Waals surface area contributed by atoms with Gasteiger partial charge in [-0.25, -0.2) is 13.5 Å². The normalized spacial score (nSPS) is 18.0. The third-order valence-electron chi connectivity index (χ3n) is 4.44. The molecule has 1 aromatic heterocycles. The molecule has 1 fully saturated rings. The van der Waals surface area contributed by atoms with Crippen LogP contribution in [0.1, 0.15) is 34.9 Å². The third kappa shape index (κ3) is 4.23. The lowest BCUT2D eigenvalue weighted by molar-refractivity contribution is 0.0939. The third-order valence-corrected chi connectivity index (χ3v) is 4.44. The number of benzene rings is 1. The molecule has 0 aliphatic carbocycles. The SMILES string of the molecule is O=C(NCCO)c1cn(C2CCCN(Cc3c(F)cccc3F)C2)nn1. The maximum Gasteiger partial charge on any atom is 0.273 e. The van der Waals surface area contributed by atoms with Gasteiger partial charge in [-0.15, -0.1) is 5.10 Å². The molecule has 1 aliphatic rings. The van der Waals surface area contributed by atoms with Crippen molar-refractivity contribution < 1.29 is 18.7 Å². The van der Waals surface area contributed by atoms with Gasteiger partial charge >= 0.3 is 0 Å². The van der Waals surface area contributed by atoms with Crippen LogP contribution in [0.4, 0.5) is 8.78 Å². The first kappa shape index (κ1) is 18.4. The average Bonchev–Trinajstić information content (AvgIpc) is 3.13. The van der Waals surface area contributed by atoms with Crippen LogP contribution in [0.3, 0.4) is 0 Å². The maximum absolute atomic E-state index is 13.9. The number of aromatic nitrogens is 3. The van der Waals surface area contributed by atoms with Crippen molar-refractivity contribution in [1.82, 2.24) is 25.2 Å². The molecule has 0 spiro atoms. The second-order valence-corrected chi connectivity index (χ2v) is 6.29. The summed E-state index contributed by atoms with van der Waals surface area (Å²) in [7, 11) is 0. The van der Waals surface area contributed by atoms with E-state index in [2.05, 4.69) is 15.6 Å². The Balaban J connectivity index is 1.65. The van der Waals surface area contributed by atoms with Crippen LogP contribution >= 0.6 is 0 Å². The molecule has 1 amide bonds. The number of aliphatic hydroxyl groups is 1. The van der Waals surface area contributed by atoms with E-state index in [4.69, 9.17) is 5.11 Å². The quantitative estimate of drug-likeness (QED) is 0.802. The highest BCUT2D eigenvalue weighted by Gasteiger charge is 2.24. The molecule has 0 saturated carbocycles. The lowest BCUT2D eigenvalue weighted by Crippen LogP contribution is -2.36. The Morgan fingerprint density at radius 1 is 1.35 bits per heavy atom. The number of carbonyl (C=O) groups is 1. The van der Waals surface area contributed by atoms with Crippen molar-refractivity contribution in [3.05, 3.63) is 47.3 Å². The van der Waals surface area contributed by atoms with Crippen molar-refractivity contribution in [1.29, 1.82) is 0 Å². The maximum atomic E-state index is 13.9. The minimum Gasteiger partial charge on any atom is -0.395 e. The Morgan fingerprint density at radius 2 is 2.12 bits per heavy atom. The van der Waals surface area contributed by atoms with Crippen molar-refractivity contribution in [3.63, 3.8) is 0 Å². The van der Waals surface area contributed by atoms with Crippen molar-refractivity contribution in [2.75, 3.05) is 26.2 Å². The van der Waals surface area contributed by atoms with Gasteiger partial charge in [0.15, 0.2) is 5.69 Å².